The Balaban J connectivity index is 2.73. The van der Waals surface area contributed by atoms with Gasteiger partial charge in [0.15, 0.2) is 0 Å². The molecule has 0 saturated carbocycles. The SMILES string of the molecule is CC1(C)C=C2N(C1(C)C)C(C)(C)C(C)(C)C2(C)C. The lowest BCUT2D eigenvalue weighted by molar-refractivity contribution is -0.0159. The first-order valence-electron chi connectivity index (χ1n) is 7.25. The molecule has 0 aliphatic carbocycles. The topological polar surface area (TPSA) is 3.24 Å². The highest BCUT2D eigenvalue weighted by Gasteiger charge is 2.67. The fraction of sp³-hybridized carbons (Fsp3) is 0.882. The van der Waals surface area contributed by atoms with E-state index in [0.29, 0.717) is 0 Å². The van der Waals surface area contributed by atoms with Crippen molar-refractivity contribution in [1.29, 1.82) is 0 Å². The molecule has 0 aromatic heterocycles. The number of rotatable bonds is 0. The molecule has 1 saturated heterocycles. The molecule has 0 atom stereocenters. The van der Waals surface area contributed by atoms with Crippen molar-refractivity contribution in [3.05, 3.63) is 11.8 Å². The summed E-state index contributed by atoms with van der Waals surface area (Å²) in [6.07, 6.45) is 2.53. The van der Waals surface area contributed by atoms with Crippen molar-refractivity contribution in [2.45, 2.75) is 80.3 Å². The molecule has 18 heavy (non-hydrogen) atoms. The van der Waals surface area contributed by atoms with E-state index in [1.54, 1.807) is 5.70 Å². The highest BCUT2D eigenvalue weighted by atomic mass is 15.3. The van der Waals surface area contributed by atoms with Gasteiger partial charge in [0.1, 0.15) is 0 Å². The Hall–Kier alpha value is -0.460. The summed E-state index contributed by atoms with van der Waals surface area (Å²) < 4.78 is 0. The van der Waals surface area contributed by atoms with Gasteiger partial charge in [0.25, 0.3) is 0 Å². The molecule has 1 fully saturated rings. The summed E-state index contributed by atoms with van der Waals surface area (Å²) in [5, 5.41) is 0. The number of allylic oxidation sites excluding steroid dienone is 1. The van der Waals surface area contributed by atoms with Crippen molar-refractivity contribution in [3.63, 3.8) is 0 Å². The Morgan fingerprint density at radius 3 is 1.56 bits per heavy atom. The van der Waals surface area contributed by atoms with E-state index in [1.807, 2.05) is 0 Å². The monoisotopic (exact) mass is 249 g/mol. The van der Waals surface area contributed by atoms with Gasteiger partial charge in [0, 0.05) is 27.6 Å². The minimum absolute atomic E-state index is 0.177. The van der Waals surface area contributed by atoms with Crippen molar-refractivity contribution >= 4 is 0 Å². The Bertz CT molecular complexity index is 419. The maximum absolute atomic E-state index is 2.71. The van der Waals surface area contributed by atoms with Crippen molar-refractivity contribution < 1.29 is 0 Å². The molecule has 1 heteroatoms. The van der Waals surface area contributed by atoms with Gasteiger partial charge in [-0.25, -0.2) is 0 Å². The van der Waals surface area contributed by atoms with Crippen LogP contribution in [0.3, 0.4) is 0 Å². The zero-order valence-corrected chi connectivity index (χ0v) is 14.0. The van der Waals surface area contributed by atoms with E-state index in [0.717, 1.165) is 0 Å². The fourth-order valence-electron chi connectivity index (χ4n) is 4.00. The fourth-order valence-corrected chi connectivity index (χ4v) is 4.00. The van der Waals surface area contributed by atoms with E-state index in [4.69, 9.17) is 0 Å². The van der Waals surface area contributed by atoms with Crippen LogP contribution in [0.4, 0.5) is 0 Å². The molecule has 0 unspecified atom stereocenters. The molecule has 104 valence electrons. The molecule has 0 N–H and O–H groups in total. The molecular formula is C17H31N. The van der Waals surface area contributed by atoms with Gasteiger partial charge in [-0.2, -0.15) is 0 Å². The third kappa shape index (κ3) is 1.15. The van der Waals surface area contributed by atoms with Crippen LogP contribution in [0.5, 0.6) is 0 Å². The third-order valence-corrected chi connectivity index (χ3v) is 7.17. The molecule has 0 radical (unpaired) electrons. The minimum Gasteiger partial charge on any atom is -0.363 e. The van der Waals surface area contributed by atoms with E-state index in [9.17, 15) is 0 Å². The average molecular weight is 249 g/mol. The van der Waals surface area contributed by atoms with E-state index in [-0.39, 0.29) is 27.3 Å². The number of nitrogens with zero attached hydrogens (tertiary/aromatic N) is 1. The van der Waals surface area contributed by atoms with E-state index in [1.165, 1.54) is 0 Å². The maximum Gasteiger partial charge on any atom is 0.0434 e. The molecule has 2 aliphatic rings. The summed E-state index contributed by atoms with van der Waals surface area (Å²) in [7, 11) is 0. The lowest BCUT2D eigenvalue weighted by Crippen LogP contribution is -2.58. The van der Waals surface area contributed by atoms with Crippen LogP contribution < -0.4 is 0 Å². The quantitative estimate of drug-likeness (QED) is 0.594. The molecule has 2 aliphatic heterocycles. The van der Waals surface area contributed by atoms with Gasteiger partial charge >= 0.3 is 0 Å². The van der Waals surface area contributed by atoms with Crippen LogP contribution in [0.25, 0.3) is 0 Å². The van der Waals surface area contributed by atoms with Crippen LogP contribution in [0.1, 0.15) is 69.2 Å². The summed E-state index contributed by atoms with van der Waals surface area (Å²) in [4.78, 5) is 2.71. The summed E-state index contributed by atoms with van der Waals surface area (Å²) in [5.41, 5.74) is 2.62. The molecule has 0 aromatic rings. The molecule has 0 spiro atoms. The number of fused-ring (bicyclic) bond motifs is 1. The minimum atomic E-state index is 0.177. The van der Waals surface area contributed by atoms with Gasteiger partial charge in [0.2, 0.25) is 0 Å². The molecule has 2 heterocycles. The van der Waals surface area contributed by atoms with Crippen LogP contribution >= 0.6 is 0 Å². The second-order valence-corrected chi connectivity index (χ2v) is 8.95. The first-order valence-corrected chi connectivity index (χ1v) is 7.25. The van der Waals surface area contributed by atoms with Crippen molar-refractivity contribution in [3.8, 4) is 0 Å². The van der Waals surface area contributed by atoms with E-state index < -0.39 is 0 Å². The smallest absolute Gasteiger partial charge is 0.0434 e. The molecule has 0 bridgehead atoms. The Morgan fingerprint density at radius 2 is 1.17 bits per heavy atom. The van der Waals surface area contributed by atoms with Crippen molar-refractivity contribution in [1.82, 2.24) is 4.90 Å². The number of hydrogen-bond acceptors (Lipinski definition) is 1. The van der Waals surface area contributed by atoms with Gasteiger partial charge in [-0.05, 0) is 33.1 Å². The summed E-state index contributed by atoms with van der Waals surface area (Å²) in [6, 6.07) is 0. The largest absolute Gasteiger partial charge is 0.363 e. The van der Waals surface area contributed by atoms with Crippen LogP contribution in [0.2, 0.25) is 0 Å². The van der Waals surface area contributed by atoms with Crippen molar-refractivity contribution in [2.24, 2.45) is 16.2 Å². The summed E-state index contributed by atoms with van der Waals surface area (Å²) >= 11 is 0. The first-order chi connectivity index (χ1) is 7.71. The molecule has 0 aromatic carbocycles. The van der Waals surface area contributed by atoms with Crippen LogP contribution in [0.15, 0.2) is 11.8 Å². The lowest BCUT2D eigenvalue weighted by Gasteiger charge is -2.53. The zero-order chi connectivity index (χ0) is 14.4. The van der Waals surface area contributed by atoms with Crippen LogP contribution in [-0.4, -0.2) is 16.0 Å². The third-order valence-electron chi connectivity index (χ3n) is 7.17. The number of hydrogen-bond donors (Lipinski definition) is 0. The Kier molecular flexibility index (Phi) is 2.32. The standard InChI is InChI=1S/C17H31N/c1-13(2)11-12-14(3,4)15(5,6)17(9,10)18(12)16(13,7)8/h11H,1-10H3. The summed E-state index contributed by atoms with van der Waals surface area (Å²) in [6.45, 7) is 24.1. The average Bonchev–Trinajstić information content (AvgIpc) is 2.37. The molecular weight excluding hydrogens is 218 g/mol. The summed E-state index contributed by atoms with van der Waals surface area (Å²) in [5.74, 6) is 0. The molecule has 2 rings (SSSR count). The van der Waals surface area contributed by atoms with Crippen LogP contribution in [-0.2, 0) is 0 Å². The van der Waals surface area contributed by atoms with Crippen molar-refractivity contribution in [2.75, 3.05) is 0 Å². The zero-order valence-electron chi connectivity index (χ0n) is 14.0. The van der Waals surface area contributed by atoms with E-state index in [2.05, 4.69) is 80.2 Å². The second kappa shape index (κ2) is 2.99. The van der Waals surface area contributed by atoms with Gasteiger partial charge in [-0.15, -0.1) is 0 Å². The highest BCUT2D eigenvalue weighted by Crippen LogP contribution is 2.68. The predicted octanol–water partition coefficient (Wildman–Crippen LogP) is 4.84. The Labute approximate surface area is 114 Å². The predicted molar refractivity (Wildman–Crippen MR) is 79.4 cm³/mol. The van der Waals surface area contributed by atoms with Gasteiger partial charge in [-0.3, -0.25) is 0 Å². The maximum atomic E-state index is 2.71. The lowest BCUT2D eigenvalue weighted by atomic mass is 9.60. The highest BCUT2D eigenvalue weighted by molar-refractivity contribution is 5.38. The molecule has 1 nitrogen and oxygen atoms in total. The molecule has 0 amide bonds. The first kappa shape index (κ1) is 14.0. The van der Waals surface area contributed by atoms with Gasteiger partial charge in [-0.1, -0.05) is 47.6 Å². The Morgan fingerprint density at radius 1 is 0.722 bits per heavy atom. The second-order valence-electron chi connectivity index (χ2n) is 8.95. The van der Waals surface area contributed by atoms with Gasteiger partial charge < -0.3 is 4.90 Å². The normalized spacial score (nSPS) is 33.2. The van der Waals surface area contributed by atoms with Crippen LogP contribution in [0, 0.1) is 16.2 Å². The van der Waals surface area contributed by atoms with Gasteiger partial charge in [0.05, 0.1) is 0 Å². The van der Waals surface area contributed by atoms with E-state index >= 15 is 0 Å².